The van der Waals surface area contributed by atoms with E-state index in [9.17, 15) is 9.59 Å². The third kappa shape index (κ3) is 3.61. The molecule has 0 atom stereocenters. The van der Waals surface area contributed by atoms with Crippen LogP contribution in [0.2, 0.25) is 0 Å². The highest BCUT2D eigenvalue weighted by atomic mass is 32.1. The summed E-state index contributed by atoms with van der Waals surface area (Å²) in [5.74, 6) is -0.181. The van der Waals surface area contributed by atoms with Gasteiger partial charge in [-0.2, -0.15) is 0 Å². The lowest BCUT2D eigenvalue weighted by atomic mass is 10.2. The van der Waals surface area contributed by atoms with Gasteiger partial charge in [-0.05, 0) is 19.4 Å². The number of hydrogen-bond donors (Lipinski definition) is 1. The minimum Gasteiger partial charge on any atom is -0.302 e. The molecule has 6 nitrogen and oxygen atoms in total. The molecule has 0 saturated heterocycles. The van der Waals surface area contributed by atoms with E-state index in [4.69, 9.17) is 0 Å². The molecule has 0 bridgehead atoms. The molecule has 0 aliphatic heterocycles. The van der Waals surface area contributed by atoms with Crippen LogP contribution in [0.1, 0.15) is 16.9 Å². The Morgan fingerprint density at radius 1 is 1.21 bits per heavy atom. The van der Waals surface area contributed by atoms with Crippen LogP contribution in [0.3, 0.4) is 0 Å². The average molecular weight is 411 g/mol. The molecule has 1 N–H and O–H groups in total. The molecule has 0 saturated carbocycles. The number of benzene rings is 1. The van der Waals surface area contributed by atoms with Crippen molar-refractivity contribution in [2.75, 3.05) is 5.32 Å². The number of hydrogen-bond acceptors (Lipinski definition) is 6. The molecule has 8 heteroatoms. The number of carbonyl (C=O) groups is 1. The summed E-state index contributed by atoms with van der Waals surface area (Å²) >= 11 is 2.90. The van der Waals surface area contributed by atoms with Crippen LogP contribution in [-0.4, -0.2) is 20.4 Å². The van der Waals surface area contributed by atoms with Crippen molar-refractivity contribution in [2.45, 2.75) is 26.8 Å². The van der Waals surface area contributed by atoms with Crippen molar-refractivity contribution in [1.29, 1.82) is 0 Å². The van der Waals surface area contributed by atoms with Gasteiger partial charge >= 0.3 is 0 Å². The number of carbonyl (C=O) groups excluding carboxylic acids is 1. The van der Waals surface area contributed by atoms with Crippen molar-refractivity contribution in [3.05, 3.63) is 62.8 Å². The molecule has 0 unspecified atom stereocenters. The van der Waals surface area contributed by atoms with Crippen molar-refractivity contribution in [1.82, 2.24) is 14.5 Å². The third-order valence-electron chi connectivity index (χ3n) is 4.56. The Labute approximate surface area is 169 Å². The maximum absolute atomic E-state index is 12.7. The van der Waals surface area contributed by atoms with Crippen LogP contribution in [0.15, 0.2) is 46.8 Å². The summed E-state index contributed by atoms with van der Waals surface area (Å²) in [6, 6.07) is 9.80. The van der Waals surface area contributed by atoms with E-state index < -0.39 is 0 Å². The van der Waals surface area contributed by atoms with Crippen molar-refractivity contribution in [2.24, 2.45) is 0 Å². The number of anilines is 1. The van der Waals surface area contributed by atoms with Gasteiger partial charge in [-0.25, -0.2) is 9.97 Å². The molecular formula is C20H18N4O2S2. The fourth-order valence-electron chi connectivity index (χ4n) is 2.91. The first-order valence-electron chi connectivity index (χ1n) is 8.79. The molecule has 0 aliphatic carbocycles. The number of nitrogens with one attached hydrogen (secondary N) is 1. The van der Waals surface area contributed by atoms with E-state index in [1.54, 1.807) is 0 Å². The fourth-order valence-corrected chi connectivity index (χ4v) is 4.63. The number of rotatable bonds is 5. The van der Waals surface area contributed by atoms with Crippen LogP contribution in [-0.2, 0) is 11.3 Å². The molecule has 4 rings (SSSR count). The zero-order valence-electron chi connectivity index (χ0n) is 15.4. The maximum Gasteiger partial charge on any atom is 0.262 e. The van der Waals surface area contributed by atoms with Gasteiger partial charge in [0.1, 0.15) is 4.83 Å². The van der Waals surface area contributed by atoms with E-state index in [2.05, 4.69) is 15.3 Å². The Kier molecular flexibility index (Phi) is 5.06. The smallest absolute Gasteiger partial charge is 0.262 e. The first-order chi connectivity index (χ1) is 13.5. The minimum absolute atomic E-state index is 0.0970. The Morgan fingerprint density at radius 3 is 2.79 bits per heavy atom. The summed E-state index contributed by atoms with van der Waals surface area (Å²) in [6.07, 6.45) is 1.69. The van der Waals surface area contributed by atoms with E-state index in [0.29, 0.717) is 10.5 Å². The highest BCUT2D eigenvalue weighted by molar-refractivity contribution is 7.18. The lowest BCUT2D eigenvalue weighted by Gasteiger charge is -2.05. The zero-order chi connectivity index (χ0) is 19.7. The largest absolute Gasteiger partial charge is 0.302 e. The van der Waals surface area contributed by atoms with Gasteiger partial charge in [-0.1, -0.05) is 30.3 Å². The highest BCUT2D eigenvalue weighted by Gasteiger charge is 2.13. The molecule has 142 valence electrons. The summed E-state index contributed by atoms with van der Waals surface area (Å²) in [4.78, 5) is 35.6. The average Bonchev–Trinajstić information content (AvgIpc) is 3.27. The molecular weight excluding hydrogens is 392 g/mol. The third-order valence-corrected chi connectivity index (χ3v) is 6.43. The van der Waals surface area contributed by atoms with Gasteiger partial charge in [0, 0.05) is 28.8 Å². The van der Waals surface area contributed by atoms with Gasteiger partial charge in [0.05, 0.1) is 17.4 Å². The van der Waals surface area contributed by atoms with Gasteiger partial charge in [0.2, 0.25) is 5.91 Å². The Balaban J connectivity index is 1.43. The molecule has 0 fully saturated rings. The first-order valence-corrected chi connectivity index (χ1v) is 10.5. The maximum atomic E-state index is 12.7. The number of thiazole rings is 1. The molecule has 3 aromatic heterocycles. The van der Waals surface area contributed by atoms with Crippen molar-refractivity contribution >= 4 is 43.9 Å². The zero-order valence-corrected chi connectivity index (χ0v) is 17.1. The minimum atomic E-state index is -0.181. The van der Waals surface area contributed by atoms with Crippen LogP contribution < -0.4 is 10.9 Å². The molecule has 0 radical (unpaired) electrons. The second kappa shape index (κ2) is 7.65. The van der Waals surface area contributed by atoms with Gasteiger partial charge in [0.15, 0.2) is 5.13 Å². The van der Waals surface area contributed by atoms with Crippen molar-refractivity contribution < 1.29 is 4.79 Å². The van der Waals surface area contributed by atoms with Crippen LogP contribution >= 0.6 is 22.7 Å². The molecule has 1 amide bonds. The monoisotopic (exact) mass is 410 g/mol. The van der Waals surface area contributed by atoms with Crippen LogP contribution in [0.4, 0.5) is 5.13 Å². The van der Waals surface area contributed by atoms with Crippen LogP contribution in [0.5, 0.6) is 0 Å². The van der Waals surface area contributed by atoms with E-state index in [0.717, 1.165) is 26.5 Å². The lowest BCUT2D eigenvalue weighted by molar-refractivity contribution is -0.116. The molecule has 28 heavy (non-hydrogen) atoms. The predicted octanol–water partition coefficient (Wildman–Crippen LogP) is 4.23. The Bertz CT molecular complexity index is 1210. The number of nitrogens with zero attached hydrogens (tertiary/aromatic N) is 3. The van der Waals surface area contributed by atoms with E-state index in [-0.39, 0.29) is 24.4 Å². The van der Waals surface area contributed by atoms with Crippen molar-refractivity contribution in [3.8, 4) is 11.3 Å². The van der Waals surface area contributed by atoms with Crippen LogP contribution in [0, 0.1) is 13.8 Å². The standard InChI is InChI=1S/C20H18N4O2S2/c1-12-13(2)28-18-17(12)19(26)24(11-21-18)9-8-16(25)23-20-22-15(10-27-20)14-6-4-3-5-7-14/h3-7,10-11H,8-9H2,1-2H3,(H,22,23,25). The molecule has 4 aromatic rings. The molecule has 1 aromatic carbocycles. The number of aryl methyl sites for hydroxylation is 3. The Hall–Kier alpha value is -2.84. The van der Waals surface area contributed by atoms with E-state index in [1.165, 1.54) is 33.6 Å². The van der Waals surface area contributed by atoms with Gasteiger partial charge in [0.25, 0.3) is 5.56 Å². The van der Waals surface area contributed by atoms with E-state index >= 15 is 0 Å². The summed E-state index contributed by atoms with van der Waals surface area (Å²) < 4.78 is 1.50. The topological polar surface area (TPSA) is 76.9 Å². The van der Waals surface area contributed by atoms with Gasteiger partial charge in [-0.15, -0.1) is 22.7 Å². The quantitative estimate of drug-likeness (QED) is 0.534. The molecule has 0 aliphatic rings. The summed E-state index contributed by atoms with van der Waals surface area (Å²) in [5, 5.41) is 5.92. The second-order valence-electron chi connectivity index (χ2n) is 6.41. The normalized spacial score (nSPS) is 11.1. The number of aromatic nitrogens is 3. The number of thiophene rings is 1. The lowest BCUT2D eigenvalue weighted by Crippen LogP contribution is -2.23. The molecule has 0 spiro atoms. The summed E-state index contributed by atoms with van der Waals surface area (Å²) in [5.41, 5.74) is 2.70. The summed E-state index contributed by atoms with van der Waals surface area (Å²) in [6.45, 7) is 4.19. The predicted molar refractivity (Wildman–Crippen MR) is 114 cm³/mol. The van der Waals surface area contributed by atoms with Gasteiger partial charge in [-0.3, -0.25) is 14.2 Å². The number of amides is 1. The Morgan fingerprint density at radius 2 is 2.00 bits per heavy atom. The fraction of sp³-hybridized carbons (Fsp3) is 0.200. The summed E-state index contributed by atoms with van der Waals surface area (Å²) in [7, 11) is 0. The number of fused-ring (bicyclic) bond motifs is 1. The second-order valence-corrected chi connectivity index (χ2v) is 8.47. The molecule has 3 heterocycles. The van der Waals surface area contributed by atoms with E-state index in [1.807, 2.05) is 49.6 Å². The van der Waals surface area contributed by atoms with Gasteiger partial charge < -0.3 is 5.32 Å². The van der Waals surface area contributed by atoms with Crippen LogP contribution in [0.25, 0.3) is 21.5 Å². The van der Waals surface area contributed by atoms with Crippen molar-refractivity contribution in [3.63, 3.8) is 0 Å². The first kappa shape index (κ1) is 18.5. The SMILES string of the molecule is Cc1sc2ncn(CCC(=O)Nc3nc(-c4ccccc4)cs3)c(=O)c2c1C. The highest BCUT2D eigenvalue weighted by Crippen LogP contribution is 2.26.